The van der Waals surface area contributed by atoms with Crippen molar-refractivity contribution in [3.05, 3.63) is 23.0 Å². The standard InChI is InChI=1S/C13H22N2O3/c1-8(2)12(7-17)15-5-11-10(6-16)4-14-9(3)13(11)18/h4,8,12,15-18H,5-7H2,1-3H3. The Morgan fingerprint density at radius 2 is 2.00 bits per heavy atom. The van der Waals surface area contributed by atoms with Crippen LogP contribution in [0.1, 0.15) is 30.7 Å². The monoisotopic (exact) mass is 254 g/mol. The van der Waals surface area contributed by atoms with Crippen LogP contribution in [0.25, 0.3) is 0 Å². The van der Waals surface area contributed by atoms with Crippen molar-refractivity contribution in [1.29, 1.82) is 0 Å². The van der Waals surface area contributed by atoms with E-state index in [1.165, 1.54) is 0 Å². The number of aryl methyl sites for hydroxylation is 1. The van der Waals surface area contributed by atoms with Crippen molar-refractivity contribution >= 4 is 0 Å². The van der Waals surface area contributed by atoms with E-state index in [4.69, 9.17) is 0 Å². The highest BCUT2D eigenvalue weighted by atomic mass is 16.3. The summed E-state index contributed by atoms with van der Waals surface area (Å²) < 4.78 is 0. The first-order valence-corrected chi connectivity index (χ1v) is 6.12. The van der Waals surface area contributed by atoms with E-state index in [1.807, 2.05) is 13.8 Å². The lowest BCUT2D eigenvalue weighted by atomic mass is 10.0. The minimum atomic E-state index is -0.163. The number of aromatic hydroxyl groups is 1. The molecule has 0 radical (unpaired) electrons. The van der Waals surface area contributed by atoms with Gasteiger partial charge in [-0.05, 0) is 12.8 Å². The van der Waals surface area contributed by atoms with Gasteiger partial charge in [-0.3, -0.25) is 4.98 Å². The molecule has 0 aliphatic heterocycles. The summed E-state index contributed by atoms with van der Waals surface area (Å²) in [5.41, 5.74) is 1.78. The van der Waals surface area contributed by atoms with E-state index in [1.54, 1.807) is 13.1 Å². The van der Waals surface area contributed by atoms with Crippen molar-refractivity contribution in [1.82, 2.24) is 10.3 Å². The van der Waals surface area contributed by atoms with E-state index in [0.717, 1.165) is 0 Å². The average Bonchev–Trinajstić information content (AvgIpc) is 2.34. The molecule has 4 N–H and O–H groups in total. The molecule has 0 aliphatic rings. The number of aliphatic hydroxyl groups excluding tert-OH is 2. The van der Waals surface area contributed by atoms with E-state index in [0.29, 0.717) is 23.4 Å². The van der Waals surface area contributed by atoms with Crippen LogP contribution in [0.3, 0.4) is 0 Å². The molecule has 1 rings (SSSR count). The molecule has 5 nitrogen and oxygen atoms in total. The molecule has 1 heterocycles. The largest absolute Gasteiger partial charge is 0.506 e. The zero-order valence-electron chi connectivity index (χ0n) is 11.1. The molecule has 0 saturated heterocycles. The number of aliphatic hydroxyl groups is 2. The summed E-state index contributed by atoms with van der Waals surface area (Å²) in [5.74, 6) is 0.396. The van der Waals surface area contributed by atoms with Crippen LogP contribution in [0.15, 0.2) is 6.20 Å². The van der Waals surface area contributed by atoms with Gasteiger partial charge in [0.25, 0.3) is 0 Å². The Labute approximate surface area is 108 Å². The average molecular weight is 254 g/mol. The van der Waals surface area contributed by atoms with E-state index >= 15 is 0 Å². The number of aromatic nitrogens is 1. The maximum Gasteiger partial charge on any atom is 0.141 e. The third-order valence-electron chi connectivity index (χ3n) is 3.14. The molecule has 1 atom stereocenters. The SMILES string of the molecule is Cc1ncc(CO)c(CNC(CO)C(C)C)c1O. The van der Waals surface area contributed by atoms with Crippen molar-refractivity contribution in [3.8, 4) is 5.75 Å². The molecule has 0 spiro atoms. The number of hydrogen-bond donors (Lipinski definition) is 4. The van der Waals surface area contributed by atoms with Crippen LogP contribution in [-0.4, -0.2) is 33.0 Å². The van der Waals surface area contributed by atoms with Gasteiger partial charge in [-0.25, -0.2) is 0 Å². The van der Waals surface area contributed by atoms with Gasteiger partial charge in [0.2, 0.25) is 0 Å². The Bertz CT molecular complexity index is 394. The summed E-state index contributed by atoms with van der Waals surface area (Å²) in [6.07, 6.45) is 1.56. The molecule has 0 fully saturated rings. The van der Waals surface area contributed by atoms with Crippen molar-refractivity contribution in [2.24, 2.45) is 5.92 Å². The molecule has 0 bridgehead atoms. The topological polar surface area (TPSA) is 85.6 Å². The van der Waals surface area contributed by atoms with Crippen LogP contribution in [0, 0.1) is 12.8 Å². The Balaban J connectivity index is 2.86. The second kappa shape index (κ2) is 6.68. The zero-order chi connectivity index (χ0) is 13.7. The van der Waals surface area contributed by atoms with Crippen LogP contribution >= 0.6 is 0 Å². The number of nitrogens with one attached hydrogen (secondary N) is 1. The number of rotatable bonds is 6. The molecule has 5 heteroatoms. The van der Waals surface area contributed by atoms with Gasteiger partial charge in [0.1, 0.15) is 5.75 Å². The maximum absolute atomic E-state index is 9.96. The number of nitrogens with zero attached hydrogens (tertiary/aromatic N) is 1. The summed E-state index contributed by atoms with van der Waals surface area (Å²) in [4.78, 5) is 4.01. The van der Waals surface area contributed by atoms with E-state index in [-0.39, 0.29) is 30.9 Å². The van der Waals surface area contributed by atoms with Gasteiger partial charge in [-0.2, -0.15) is 0 Å². The molecule has 1 unspecified atom stereocenters. The summed E-state index contributed by atoms with van der Waals surface area (Å²) in [7, 11) is 0. The lowest BCUT2D eigenvalue weighted by Gasteiger charge is -2.21. The Morgan fingerprint density at radius 1 is 1.33 bits per heavy atom. The minimum absolute atomic E-state index is 0.0376. The molecule has 1 aromatic rings. The fourth-order valence-corrected chi connectivity index (χ4v) is 1.76. The summed E-state index contributed by atoms with van der Waals surface area (Å²) in [6, 6.07) is -0.0376. The van der Waals surface area contributed by atoms with Crippen LogP contribution in [0.5, 0.6) is 5.75 Å². The smallest absolute Gasteiger partial charge is 0.141 e. The van der Waals surface area contributed by atoms with E-state index in [2.05, 4.69) is 10.3 Å². The molecule has 18 heavy (non-hydrogen) atoms. The Kier molecular flexibility index (Phi) is 5.53. The third kappa shape index (κ3) is 3.41. The first kappa shape index (κ1) is 14.9. The fourth-order valence-electron chi connectivity index (χ4n) is 1.76. The molecule has 0 saturated carbocycles. The minimum Gasteiger partial charge on any atom is -0.506 e. The van der Waals surface area contributed by atoms with E-state index < -0.39 is 0 Å². The Hall–Kier alpha value is -1.17. The van der Waals surface area contributed by atoms with Gasteiger partial charge >= 0.3 is 0 Å². The lowest BCUT2D eigenvalue weighted by Crippen LogP contribution is -2.36. The molecule has 0 aliphatic carbocycles. The highest BCUT2D eigenvalue weighted by Crippen LogP contribution is 2.23. The molecule has 1 aromatic heterocycles. The van der Waals surface area contributed by atoms with Crippen LogP contribution in [0.4, 0.5) is 0 Å². The lowest BCUT2D eigenvalue weighted by molar-refractivity contribution is 0.209. The quantitative estimate of drug-likeness (QED) is 0.600. The highest BCUT2D eigenvalue weighted by Gasteiger charge is 2.15. The van der Waals surface area contributed by atoms with Crippen molar-refractivity contribution in [2.45, 2.75) is 40.0 Å². The second-order valence-corrected chi connectivity index (χ2v) is 4.77. The van der Waals surface area contributed by atoms with Crippen LogP contribution in [-0.2, 0) is 13.2 Å². The summed E-state index contributed by atoms with van der Waals surface area (Å²) >= 11 is 0. The summed E-state index contributed by atoms with van der Waals surface area (Å²) in [6.45, 7) is 6.01. The fraction of sp³-hybridized carbons (Fsp3) is 0.615. The second-order valence-electron chi connectivity index (χ2n) is 4.77. The maximum atomic E-state index is 9.96. The predicted octanol–water partition coefficient (Wildman–Crippen LogP) is 0.694. The Morgan fingerprint density at radius 3 is 2.50 bits per heavy atom. The third-order valence-corrected chi connectivity index (χ3v) is 3.14. The van der Waals surface area contributed by atoms with Crippen molar-refractivity contribution in [2.75, 3.05) is 6.61 Å². The zero-order valence-corrected chi connectivity index (χ0v) is 11.1. The van der Waals surface area contributed by atoms with Gasteiger partial charge in [-0.1, -0.05) is 13.8 Å². The predicted molar refractivity (Wildman–Crippen MR) is 69.1 cm³/mol. The number of pyridine rings is 1. The molecular formula is C13H22N2O3. The summed E-state index contributed by atoms with van der Waals surface area (Å²) in [5, 5.41) is 31.6. The first-order chi connectivity index (χ1) is 8.51. The molecule has 0 aromatic carbocycles. The van der Waals surface area contributed by atoms with Gasteiger partial charge in [-0.15, -0.1) is 0 Å². The normalized spacial score (nSPS) is 13.0. The number of hydrogen-bond acceptors (Lipinski definition) is 5. The van der Waals surface area contributed by atoms with Gasteiger partial charge < -0.3 is 20.6 Å². The molecular weight excluding hydrogens is 232 g/mol. The van der Waals surface area contributed by atoms with Crippen LogP contribution < -0.4 is 5.32 Å². The molecule has 102 valence electrons. The first-order valence-electron chi connectivity index (χ1n) is 6.12. The van der Waals surface area contributed by atoms with Gasteiger partial charge in [0.05, 0.1) is 18.9 Å². The van der Waals surface area contributed by atoms with Crippen LogP contribution in [0.2, 0.25) is 0 Å². The van der Waals surface area contributed by atoms with Crippen molar-refractivity contribution in [3.63, 3.8) is 0 Å². The van der Waals surface area contributed by atoms with E-state index in [9.17, 15) is 15.3 Å². The van der Waals surface area contributed by atoms with Gasteiger partial charge in [0.15, 0.2) is 0 Å². The van der Waals surface area contributed by atoms with Crippen molar-refractivity contribution < 1.29 is 15.3 Å². The highest BCUT2D eigenvalue weighted by molar-refractivity contribution is 5.40. The molecule has 0 amide bonds. The van der Waals surface area contributed by atoms with Gasteiger partial charge in [0, 0.05) is 29.9 Å².